The van der Waals surface area contributed by atoms with E-state index in [9.17, 15) is 80.9 Å². The first-order valence-electron chi connectivity index (χ1n) is 23.5. The van der Waals surface area contributed by atoms with Crippen LogP contribution < -0.4 is 48.7 Å². The molecule has 0 bridgehead atoms. The number of anilines is 1. The number of hydrogen-bond acceptors (Lipinski definition) is 17. The molecular formula is C45H60F3N11O16S. The van der Waals surface area contributed by atoms with Gasteiger partial charge in [0.2, 0.25) is 47.3 Å². The van der Waals surface area contributed by atoms with Crippen LogP contribution >= 0.6 is 11.8 Å². The molecule has 2 aromatic rings. The molecule has 3 heterocycles. The van der Waals surface area contributed by atoms with Gasteiger partial charge >= 0.3 is 30.0 Å². The number of nitrogens with two attached hydrogens (primary N) is 2. The molecule has 27 nitrogen and oxygen atoms in total. The Balaban J connectivity index is 1.72. The summed E-state index contributed by atoms with van der Waals surface area (Å²) in [6.07, 6.45) is -9.49. The maximum Gasteiger partial charge on any atom is 0.471 e. The molecule has 418 valence electrons. The first kappa shape index (κ1) is 61.0. The molecule has 4 rings (SSSR count). The van der Waals surface area contributed by atoms with Gasteiger partial charge in [0, 0.05) is 55.1 Å². The van der Waals surface area contributed by atoms with Crippen molar-refractivity contribution in [3.8, 4) is 0 Å². The Morgan fingerprint density at radius 2 is 1.58 bits per heavy atom. The quantitative estimate of drug-likeness (QED) is 0.0742. The van der Waals surface area contributed by atoms with Crippen LogP contribution in [0.25, 0.3) is 10.9 Å². The van der Waals surface area contributed by atoms with Crippen molar-refractivity contribution in [1.29, 1.82) is 0 Å². The van der Waals surface area contributed by atoms with Crippen molar-refractivity contribution in [2.24, 2.45) is 23.3 Å². The Labute approximate surface area is 434 Å². The molecular weight excluding hydrogens is 1040 g/mol. The van der Waals surface area contributed by atoms with Crippen molar-refractivity contribution in [3.63, 3.8) is 0 Å². The lowest BCUT2D eigenvalue weighted by atomic mass is 9.95. The predicted molar refractivity (Wildman–Crippen MR) is 258 cm³/mol. The van der Waals surface area contributed by atoms with E-state index in [4.69, 9.17) is 20.9 Å². The monoisotopic (exact) mass is 1100 g/mol. The number of aliphatic hydroxyl groups is 1. The molecule has 0 aliphatic carbocycles. The van der Waals surface area contributed by atoms with E-state index in [2.05, 4.69) is 36.9 Å². The Kier molecular flexibility index (Phi) is 21.5. The van der Waals surface area contributed by atoms with Crippen LogP contribution in [0.4, 0.5) is 18.9 Å². The molecule has 10 atom stereocenters. The molecule has 2 aliphatic heterocycles. The molecule has 0 saturated carbocycles. The summed E-state index contributed by atoms with van der Waals surface area (Å²) in [5, 5.41) is 37.2. The highest BCUT2D eigenvalue weighted by Gasteiger charge is 2.45. The van der Waals surface area contributed by atoms with Gasteiger partial charge in [-0.25, -0.2) is 4.79 Å². The number of aromatic amines is 1. The van der Waals surface area contributed by atoms with E-state index in [0.29, 0.717) is 6.42 Å². The van der Waals surface area contributed by atoms with Crippen molar-refractivity contribution in [3.05, 3.63) is 23.8 Å². The Bertz CT molecular complexity index is 2580. The molecule has 0 radical (unpaired) electrons. The van der Waals surface area contributed by atoms with Crippen molar-refractivity contribution in [2.75, 3.05) is 37.3 Å². The fraction of sp³-hybridized carbons (Fsp3) is 0.556. The molecule has 2 aliphatic rings. The number of aliphatic hydroxyl groups excluding tert-OH is 1. The van der Waals surface area contributed by atoms with Crippen LogP contribution in [-0.4, -0.2) is 178 Å². The zero-order valence-electron chi connectivity index (χ0n) is 41.6. The van der Waals surface area contributed by atoms with Gasteiger partial charge in [0.05, 0.1) is 36.7 Å². The number of β-amino-alcohol motifs (C(OH)–C–C–N with tert-alkyl or cyclic N) is 1. The number of carboxylic acids is 1. The zero-order valence-corrected chi connectivity index (χ0v) is 42.4. The lowest BCUT2D eigenvalue weighted by Crippen LogP contribution is -2.60. The fourth-order valence-corrected chi connectivity index (χ4v) is 9.13. The number of likely N-dealkylation sites (tertiary alicyclic amines) is 1. The van der Waals surface area contributed by atoms with Crippen LogP contribution in [0.1, 0.15) is 59.4 Å². The number of nitrogens with one attached hydrogen (secondary N) is 8. The Morgan fingerprint density at radius 3 is 2.17 bits per heavy atom. The first-order chi connectivity index (χ1) is 35.5. The smallest absolute Gasteiger partial charge is 0.471 e. The second-order valence-corrected chi connectivity index (χ2v) is 19.0. The van der Waals surface area contributed by atoms with E-state index in [1.165, 1.54) is 13.0 Å². The highest BCUT2D eigenvalue weighted by atomic mass is 32.2. The maximum absolute atomic E-state index is 14.4. The van der Waals surface area contributed by atoms with Crippen LogP contribution in [0.2, 0.25) is 0 Å². The van der Waals surface area contributed by atoms with Crippen LogP contribution in [-0.2, 0) is 73.4 Å². The molecule has 1 fully saturated rings. The number of carboxylic acid groups (broad SMARTS) is 1. The maximum atomic E-state index is 14.4. The number of amides is 9. The minimum Gasteiger partial charge on any atom is -0.480 e. The second kappa shape index (κ2) is 26.8. The van der Waals surface area contributed by atoms with Gasteiger partial charge in [0.1, 0.15) is 42.9 Å². The number of carbonyl (C=O) groups is 12. The topological polar surface area (TPSA) is 419 Å². The Hall–Kier alpha value is -7.54. The number of thioether (sulfide) groups is 1. The van der Waals surface area contributed by atoms with Gasteiger partial charge in [-0.05, 0) is 30.0 Å². The molecule has 0 spiro atoms. The number of fused-ring (bicyclic) bond motifs is 3. The zero-order chi connectivity index (χ0) is 56.9. The average Bonchev–Trinajstić information content (AvgIpc) is 3.90. The number of ether oxygens (including phenoxy) is 2. The third-order valence-corrected chi connectivity index (χ3v) is 13.3. The molecule has 9 amide bonds. The molecule has 5 unspecified atom stereocenters. The number of aliphatic carboxylic acids is 1. The number of esters is 2. The summed E-state index contributed by atoms with van der Waals surface area (Å²) >= 11 is 0.779. The van der Waals surface area contributed by atoms with Crippen molar-refractivity contribution in [1.82, 2.24) is 41.8 Å². The van der Waals surface area contributed by atoms with Gasteiger partial charge in [-0.2, -0.15) is 13.2 Å². The summed E-state index contributed by atoms with van der Waals surface area (Å²) < 4.78 is 49.5. The van der Waals surface area contributed by atoms with E-state index in [0.717, 1.165) is 42.6 Å². The number of primary amides is 1. The first-order valence-corrected chi connectivity index (χ1v) is 24.5. The molecule has 1 saturated heterocycles. The van der Waals surface area contributed by atoms with E-state index >= 15 is 0 Å². The van der Waals surface area contributed by atoms with Crippen LogP contribution in [0.15, 0.2) is 23.2 Å². The van der Waals surface area contributed by atoms with Gasteiger partial charge in [-0.1, -0.05) is 33.3 Å². The normalized spacial score (nSPS) is 22.0. The van der Waals surface area contributed by atoms with Crippen LogP contribution in [0, 0.1) is 11.8 Å². The third kappa shape index (κ3) is 17.0. The second-order valence-electron chi connectivity index (χ2n) is 18.0. The number of benzene rings is 1. The number of carbonyl (C=O) groups excluding carboxylic acids is 11. The average molecular weight is 1100 g/mol. The van der Waals surface area contributed by atoms with Gasteiger partial charge in [-0.3, -0.25) is 52.7 Å². The molecule has 31 heteroatoms. The van der Waals surface area contributed by atoms with Crippen LogP contribution in [0.5, 0.6) is 0 Å². The minimum atomic E-state index is -5.25. The summed E-state index contributed by atoms with van der Waals surface area (Å²) in [5.41, 5.74) is 11.8. The van der Waals surface area contributed by atoms with Crippen molar-refractivity contribution >= 4 is 99.4 Å². The number of H-pyrrole nitrogens is 1. The summed E-state index contributed by atoms with van der Waals surface area (Å²) in [4.78, 5) is 160. The van der Waals surface area contributed by atoms with Gasteiger partial charge in [0.25, 0.3) is 0 Å². The summed E-state index contributed by atoms with van der Waals surface area (Å²) in [6, 6.07) is -6.29. The molecule has 14 N–H and O–H groups in total. The van der Waals surface area contributed by atoms with E-state index < -0.39 is 182 Å². The number of rotatable bonds is 16. The van der Waals surface area contributed by atoms with E-state index in [1.54, 1.807) is 19.2 Å². The highest BCUT2D eigenvalue weighted by Crippen LogP contribution is 2.33. The highest BCUT2D eigenvalue weighted by molar-refractivity contribution is 7.99. The third-order valence-electron chi connectivity index (χ3n) is 12.2. The SMILES string of the molecule is CC[C@H](C)[C@@H]1NC(=O)CNC(=O)C(N)Cc2c([nH]c3cc(NC(=O)C(F)(F)F)ccc23)SCC(C(=O)NC(CC(N)=O)C(=O)N2CC(O)C[C@H]2C(=O)N[C@H](C(=O)O)C(C)[C@H](COC(C)=O)OC(C)=O)NC(=O)CNC1=O. The lowest BCUT2D eigenvalue weighted by molar-refractivity contribution is -0.167. The molecule has 1 aromatic carbocycles. The number of hydrogen-bond donors (Lipinski definition) is 12. The van der Waals surface area contributed by atoms with Gasteiger partial charge in [0.15, 0.2) is 0 Å². The molecule has 76 heavy (non-hydrogen) atoms. The summed E-state index contributed by atoms with van der Waals surface area (Å²) in [7, 11) is 0. The summed E-state index contributed by atoms with van der Waals surface area (Å²) in [6.45, 7) is 4.02. The largest absolute Gasteiger partial charge is 0.480 e. The van der Waals surface area contributed by atoms with Crippen LogP contribution in [0.3, 0.4) is 0 Å². The predicted octanol–water partition coefficient (Wildman–Crippen LogP) is -3.09. The standard InChI is InChI=1S/C45H60F3N11O16S/c1-6-18(2)35-40(69)52-13-33(64)54-29(17-76-41-25(11-26(49)37(66)51-14-34(65)57-35)24-8-7-22(9-27(24)56-41)53-44(73)45(46,47)48)38(67)55-28(12-32(50)63)42(70)59-15-23(62)10-30(59)39(68)58-36(43(71)72)19(3)31(75-21(5)61)16-74-20(4)60/h7-9,18-19,23,26,28-31,35-36,56,62H,6,10-17,49H2,1-5H3,(H2,50,63)(H,51,66)(H,52,69)(H,53,73)(H,54,64)(H,55,67)(H,57,65)(H,58,68)(H,71,72)/t18-,19?,23?,26?,28?,29?,30-,31-,35-,36-/m0/s1. The van der Waals surface area contributed by atoms with Gasteiger partial charge in [-0.15, -0.1) is 11.8 Å². The lowest BCUT2D eigenvalue weighted by Gasteiger charge is -2.32. The Morgan fingerprint density at radius 1 is 0.934 bits per heavy atom. The fourth-order valence-electron chi connectivity index (χ4n) is 8.01. The van der Waals surface area contributed by atoms with Crippen molar-refractivity contribution in [2.45, 2.75) is 120 Å². The minimum absolute atomic E-state index is 0.0908. The molecule has 1 aromatic heterocycles. The van der Waals surface area contributed by atoms with E-state index in [1.807, 2.05) is 0 Å². The number of halogens is 3. The number of nitrogens with zero attached hydrogens (tertiary/aromatic N) is 1. The van der Waals surface area contributed by atoms with Gasteiger partial charge < -0.3 is 78.3 Å². The van der Waals surface area contributed by atoms with E-state index in [-0.39, 0.29) is 33.6 Å². The summed E-state index contributed by atoms with van der Waals surface area (Å²) in [5.74, 6) is -16.1. The number of aromatic nitrogens is 1. The van der Waals surface area contributed by atoms with Crippen molar-refractivity contribution < 1.29 is 90.4 Å². The number of alkyl halides is 3.